The number of nitrogens with two attached hydrogens (primary N) is 1. The summed E-state index contributed by atoms with van der Waals surface area (Å²) < 4.78 is 1.98. The van der Waals surface area contributed by atoms with E-state index in [0.717, 1.165) is 6.54 Å². The van der Waals surface area contributed by atoms with Gasteiger partial charge in [0.25, 0.3) is 0 Å². The first-order valence-electron chi connectivity index (χ1n) is 5.06. The standard InChI is InChI=1S/C12H15N3/c1-10-6-7-14-15(10)9-12-5-3-2-4-11(12)8-13/h2-7H,8-9,13H2,1H3. The fourth-order valence-electron chi connectivity index (χ4n) is 1.64. The van der Waals surface area contributed by atoms with E-state index in [4.69, 9.17) is 5.73 Å². The maximum Gasteiger partial charge on any atom is 0.0665 e. The van der Waals surface area contributed by atoms with Crippen molar-refractivity contribution in [3.05, 3.63) is 53.3 Å². The van der Waals surface area contributed by atoms with Gasteiger partial charge in [-0.2, -0.15) is 5.10 Å². The normalized spacial score (nSPS) is 10.5. The van der Waals surface area contributed by atoms with Crippen LogP contribution in [-0.2, 0) is 13.1 Å². The smallest absolute Gasteiger partial charge is 0.0665 e. The molecule has 0 fully saturated rings. The summed E-state index contributed by atoms with van der Waals surface area (Å²) in [4.78, 5) is 0. The van der Waals surface area contributed by atoms with Crippen molar-refractivity contribution in [2.24, 2.45) is 5.73 Å². The number of hydrogen-bond acceptors (Lipinski definition) is 2. The van der Waals surface area contributed by atoms with E-state index in [-0.39, 0.29) is 0 Å². The van der Waals surface area contributed by atoms with E-state index < -0.39 is 0 Å². The second kappa shape index (κ2) is 4.28. The Bertz CT molecular complexity index is 446. The zero-order valence-electron chi connectivity index (χ0n) is 8.85. The molecule has 0 spiro atoms. The average molecular weight is 201 g/mol. The van der Waals surface area contributed by atoms with Crippen molar-refractivity contribution < 1.29 is 0 Å². The number of aryl methyl sites for hydroxylation is 1. The van der Waals surface area contributed by atoms with Crippen LogP contribution in [0, 0.1) is 6.92 Å². The fourth-order valence-corrected chi connectivity index (χ4v) is 1.64. The molecule has 78 valence electrons. The lowest BCUT2D eigenvalue weighted by atomic mass is 10.1. The van der Waals surface area contributed by atoms with Gasteiger partial charge in [-0.05, 0) is 24.1 Å². The maximum absolute atomic E-state index is 5.69. The molecule has 2 rings (SSSR count). The SMILES string of the molecule is Cc1ccnn1Cc1ccccc1CN. The quantitative estimate of drug-likeness (QED) is 0.821. The van der Waals surface area contributed by atoms with Crippen molar-refractivity contribution in [1.82, 2.24) is 9.78 Å². The van der Waals surface area contributed by atoms with Gasteiger partial charge in [-0.1, -0.05) is 24.3 Å². The molecule has 0 bridgehead atoms. The van der Waals surface area contributed by atoms with E-state index in [1.807, 2.05) is 29.1 Å². The van der Waals surface area contributed by atoms with Crippen molar-refractivity contribution in [1.29, 1.82) is 0 Å². The van der Waals surface area contributed by atoms with Crippen LogP contribution in [0.25, 0.3) is 0 Å². The number of nitrogens with zero attached hydrogens (tertiary/aromatic N) is 2. The molecule has 0 aliphatic heterocycles. The summed E-state index contributed by atoms with van der Waals surface area (Å²) in [5, 5.41) is 4.26. The van der Waals surface area contributed by atoms with Gasteiger partial charge < -0.3 is 5.73 Å². The highest BCUT2D eigenvalue weighted by atomic mass is 15.3. The summed E-state index contributed by atoms with van der Waals surface area (Å²) in [6.07, 6.45) is 1.82. The molecule has 1 aromatic carbocycles. The van der Waals surface area contributed by atoms with Gasteiger partial charge in [0.1, 0.15) is 0 Å². The minimum Gasteiger partial charge on any atom is -0.326 e. The van der Waals surface area contributed by atoms with Crippen molar-refractivity contribution in [2.75, 3.05) is 0 Å². The summed E-state index contributed by atoms with van der Waals surface area (Å²) in [6, 6.07) is 10.2. The summed E-state index contributed by atoms with van der Waals surface area (Å²) >= 11 is 0. The molecule has 1 aromatic heterocycles. The molecule has 3 heteroatoms. The van der Waals surface area contributed by atoms with Crippen molar-refractivity contribution in [2.45, 2.75) is 20.0 Å². The Balaban J connectivity index is 2.28. The molecular formula is C12H15N3. The lowest BCUT2D eigenvalue weighted by Crippen LogP contribution is -2.08. The van der Waals surface area contributed by atoms with Gasteiger partial charge in [0.15, 0.2) is 0 Å². The monoisotopic (exact) mass is 201 g/mol. The number of rotatable bonds is 3. The Morgan fingerprint density at radius 3 is 2.53 bits per heavy atom. The summed E-state index contributed by atoms with van der Waals surface area (Å²) in [5.41, 5.74) is 9.29. The van der Waals surface area contributed by atoms with E-state index in [1.54, 1.807) is 0 Å². The van der Waals surface area contributed by atoms with E-state index in [0.29, 0.717) is 6.54 Å². The molecule has 2 aromatic rings. The van der Waals surface area contributed by atoms with Crippen molar-refractivity contribution in [3.8, 4) is 0 Å². The van der Waals surface area contributed by atoms with Gasteiger partial charge in [-0.25, -0.2) is 0 Å². The highest BCUT2D eigenvalue weighted by Gasteiger charge is 2.02. The van der Waals surface area contributed by atoms with E-state index >= 15 is 0 Å². The third-order valence-electron chi connectivity index (χ3n) is 2.59. The van der Waals surface area contributed by atoms with Crippen molar-refractivity contribution >= 4 is 0 Å². The lowest BCUT2D eigenvalue weighted by molar-refractivity contribution is 0.660. The molecule has 0 aliphatic rings. The van der Waals surface area contributed by atoms with E-state index in [2.05, 4.69) is 24.2 Å². The number of aromatic nitrogens is 2. The molecule has 0 amide bonds. The molecule has 0 radical (unpaired) electrons. The molecule has 0 saturated heterocycles. The van der Waals surface area contributed by atoms with Gasteiger partial charge in [-0.3, -0.25) is 4.68 Å². The largest absolute Gasteiger partial charge is 0.326 e. The van der Waals surface area contributed by atoms with Gasteiger partial charge in [0.2, 0.25) is 0 Å². The Morgan fingerprint density at radius 2 is 1.93 bits per heavy atom. The highest BCUT2D eigenvalue weighted by molar-refractivity contribution is 5.27. The minimum atomic E-state index is 0.580. The third kappa shape index (κ3) is 2.07. The van der Waals surface area contributed by atoms with Gasteiger partial charge >= 0.3 is 0 Å². The van der Waals surface area contributed by atoms with Crippen LogP contribution in [0.15, 0.2) is 36.5 Å². The van der Waals surface area contributed by atoms with Crippen LogP contribution in [-0.4, -0.2) is 9.78 Å². The fraction of sp³-hybridized carbons (Fsp3) is 0.250. The predicted octanol–water partition coefficient (Wildman–Crippen LogP) is 1.70. The van der Waals surface area contributed by atoms with Crippen LogP contribution in [0.1, 0.15) is 16.8 Å². The van der Waals surface area contributed by atoms with Gasteiger partial charge in [0, 0.05) is 18.4 Å². The second-order valence-electron chi connectivity index (χ2n) is 3.60. The molecule has 0 aliphatic carbocycles. The van der Waals surface area contributed by atoms with Crippen LogP contribution in [0.5, 0.6) is 0 Å². The zero-order chi connectivity index (χ0) is 10.7. The average Bonchev–Trinajstić information content (AvgIpc) is 2.65. The lowest BCUT2D eigenvalue weighted by Gasteiger charge is -2.08. The molecule has 1 heterocycles. The molecule has 15 heavy (non-hydrogen) atoms. The molecule has 0 atom stereocenters. The second-order valence-corrected chi connectivity index (χ2v) is 3.60. The van der Waals surface area contributed by atoms with E-state index in [9.17, 15) is 0 Å². The Morgan fingerprint density at radius 1 is 1.20 bits per heavy atom. The first-order valence-corrected chi connectivity index (χ1v) is 5.06. The van der Waals surface area contributed by atoms with Crippen LogP contribution < -0.4 is 5.73 Å². The summed E-state index contributed by atoms with van der Waals surface area (Å²) in [6.45, 7) is 3.43. The van der Waals surface area contributed by atoms with Crippen molar-refractivity contribution in [3.63, 3.8) is 0 Å². The molecule has 2 N–H and O–H groups in total. The topological polar surface area (TPSA) is 43.8 Å². The Hall–Kier alpha value is -1.61. The highest BCUT2D eigenvalue weighted by Crippen LogP contribution is 2.10. The Kier molecular flexibility index (Phi) is 2.83. The van der Waals surface area contributed by atoms with Crippen LogP contribution in [0.2, 0.25) is 0 Å². The molecular weight excluding hydrogens is 186 g/mol. The first-order chi connectivity index (χ1) is 7.31. The Labute approximate surface area is 89.5 Å². The van der Waals surface area contributed by atoms with Crippen LogP contribution in [0.3, 0.4) is 0 Å². The molecule has 3 nitrogen and oxygen atoms in total. The number of benzene rings is 1. The summed E-state index contributed by atoms with van der Waals surface area (Å²) in [7, 11) is 0. The summed E-state index contributed by atoms with van der Waals surface area (Å²) in [5.74, 6) is 0. The first kappa shape index (κ1) is 9.93. The van der Waals surface area contributed by atoms with E-state index in [1.165, 1.54) is 16.8 Å². The minimum absolute atomic E-state index is 0.580. The van der Waals surface area contributed by atoms with Gasteiger partial charge in [-0.15, -0.1) is 0 Å². The predicted molar refractivity (Wildman–Crippen MR) is 60.4 cm³/mol. The maximum atomic E-state index is 5.69. The van der Waals surface area contributed by atoms with Crippen LogP contribution in [0.4, 0.5) is 0 Å². The molecule has 0 saturated carbocycles. The van der Waals surface area contributed by atoms with Gasteiger partial charge in [0.05, 0.1) is 6.54 Å². The molecule has 0 unspecified atom stereocenters. The van der Waals surface area contributed by atoms with Crippen LogP contribution >= 0.6 is 0 Å². The third-order valence-corrected chi connectivity index (χ3v) is 2.59. The number of hydrogen-bond donors (Lipinski definition) is 1. The zero-order valence-corrected chi connectivity index (χ0v) is 8.85.